The van der Waals surface area contributed by atoms with Gasteiger partial charge in [-0.1, -0.05) is 71.7 Å². The van der Waals surface area contributed by atoms with E-state index in [1.165, 1.54) is 0 Å². The monoisotopic (exact) mass is 446 g/mol. The maximum atomic E-state index is 14.1. The molecule has 2 aromatic rings. The molecule has 0 atom stereocenters. The molecule has 0 spiro atoms. The summed E-state index contributed by atoms with van der Waals surface area (Å²) in [5.41, 5.74) is 2.99. The summed E-state index contributed by atoms with van der Waals surface area (Å²) in [5.74, 6) is 12.6. The van der Waals surface area contributed by atoms with Crippen LogP contribution < -0.4 is 0 Å². The van der Waals surface area contributed by atoms with Crippen molar-refractivity contribution in [3.05, 3.63) is 69.6 Å². The summed E-state index contributed by atoms with van der Waals surface area (Å²) >= 11 is 0. The minimum absolute atomic E-state index is 0.0606. The van der Waals surface area contributed by atoms with E-state index < -0.39 is 9.84 Å². The topological polar surface area (TPSA) is 34.1 Å². The highest BCUT2D eigenvalue weighted by molar-refractivity contribution is 7.96. The zero-order valence-corrected chi connectivity index (χ0v) is 21.6. The van der Waals surface area contributed by atoms with Gasteiger partial charge in [0.2, 0.25) is 9.84 Å². The molecular formula is C29H34O2S. The average Bonchev–Trinajstić information content (AvgIpc) is 2.62. The summed E-state index contributed by atoms with van der Waals surface area (Å²) in [6.45, 7) is 17.6. The largest absolute Gasteiger partial charge is 0.218 e. The first-order chi connectivity index (χ1) is 14.6. The van der Waals surface area contributed by atoms with Crippen molar-refractivity contribution in [3.63, 3.8) is 0 Å². The molecule has 0 bridgehead atoms. The molecule has 2 aromatic carbocycles. The number of rotatable bonds is 3. The van der Waals surface area contributed by atoms with Crippen molar-refractivity contribution >= 4 is 15.4 Å². The standard InChI is InChI=1S/C29H34O2S/c1-21-19-22(2)27(23(3)20-21)32(30,31)26(16-18-29(7,8)9)25(15-17-28(4,5)6)24-13-11-10-12-14-24/h10-14,19-20H,1-9H3/b26-25+. The Morgan fingerprint density at radius 2 is 1.22 bits per heavy atom. The van der Waals surface area contributed by atoms with Crippen LogP contribution in [0.5, 0.6) is 0 Å². The molecular weight excluding hydrogens is 412 g/mol. The number of allylic oxidation sites excluding steroid dienone is 2. The summed E-state index contributed by atoms with van der Waals surface area (Å²) in [4.78, 5) is 0.373. The van der Waals surface area contributed by atoms with Crippen LogP contribution in [0.4, 0.5) is 0 Å². The Labute approximate surface area is 195 Å². The zero-order chi connectivity index (χ0) is 24.3. The predicted octanol–water partition coefficient (Wildman–Crippen LogP) is 6.90. The van der Waals surface area contributed by atoms with E-state index in [0.29, 0.717) is 21.6 Å². The Morgan fingerprint density at radius 3 is 1.69 bits per heavy atom. The molecule has 2 nitrogen and oxygen atoms in total. The molecule has 0 aliphatic heterocycles. The fourth-order valence-corrected chi connectivity index (χ4v) is 5.11. The lowest BCUT2D eigenvalue weighted by Crippen LogP contribution is -2.11. The van der Waals surface area contributed by atoms with Gasteiger partial charge in [0.25, 0.3) is 0 Å². The lowest BCUT2D eigenvalue weighted by Gasteiger charge is -2.15. The summed E-state index contributed by atoms with van der Waals surface area (Å²) in [5, 5.41) is 0. The molecule has 168 valence electrons. The van der Waals surface area contributed by atoms with Gasteiger partial charge in [0, 0.05) is 10.8 Å². The van der Waals surface area contributed by atoms with E-state index in [-0.39, 0.29) is 15.7 Å². The fourth-order valence-electron chi connectivity index (χ4n) is 3.32. The second kappa shape index (κ2) is 9.40. The SMILES string of the molecule is Cc1cc(C)c(S(=O)(=O)/C(C#CC(C)(C)C)=C(\C#CC(C)(C)C)c2ccccc2)c(C)c1. The Morgan fingerprint density at radius 1 is 0.750 bits per heavy atom. The predicted molar refractivity (Wildman–Crippen MR) is 136 cm³/mol. The van der Waals surface area contributed by atoms with Gasteiger partial charge in [-0.2, -0.15) is 0 Å². The Kier molecular flexibility index (Phi) is 7.49. The van der Waals surface area contributed by atoms with E-state index in [1.807, 2.05) is 105 Å². The lowest BCUT2D eigenvalue weighted by atomic mass is 9.95. The van der Waals surface area contributed by atoms with E-state index >= 15 is 0 Å². The van der Waals surface area contributed by atoms with E-state index in [1.54, 1.807) is 0 Å². The van der Waals surface area contributed by atoms with Crippen LogP contribution in [0.25, 0.3) is 5.57 Å². The molecule has 0 radical (unpaired) electrons. The molecule has 0 aliphatic rings. The molecule has 0 aromatic heterocycles. The summed E-state index contributed by atoms with van der Waals surface area (Å²) in [6.07, 6.45) is 0. The number of aryl methyl sites for hydroxylation is 3. The van der Waals surface area contributed by atoms with Gasteiger partial charge in [-0.25, -0.2) is 8.42 Å². The third-order valence-electron chi connectivity index (χ3n) is 4.55. The van der Waals surface area contributed by atoms with Gasteiger partial charge < -0.3 is 0 Å². The molecule has 0 saturated heterocycles. The number of benzene rings is 2. The molecule has 0 N–H and O–H groups in total. The average molecular weight is 447 g/mol. The molecule has 3 heteroatoms. The van der Waals surface area contributed by atoms with Gasteiger partial charge in [-0.3, -0.25) is 0 Å². The maximum Gasteiger partial charge on any atom is 0.216 e. The van der Waals surface area contributed by atoms with Crippen molar-refractivity contribution in [2.24, 2.45) is 10.8 Å². The minimum atomic E-state index is -3.91. The first kappa shape index (κ1) is 25.5. The molecule has 0 unspecified atom stereocenters. The molecule has 0 amide bonds. The van der Waals surface area contributed by atoms with E-state index in [0.717, 1.165) is 11.1 Å². The van der Waals surface area contributed by atoms with Crippen LogP contribution in [0, 0.1) is 55.3 Å². The van der Waals surface area contributed by atoms with Crippen molar-refractivity contribution in [3.8, 4) is 23.7 Å². The second-order valence-electron chi connectivity index (χ2n) is 10.3. The fraction of sp³-hybridized carbons (Fsp3) is 0.379. The highest BCUT2D eigenvalue weighted by Gasteiger charge is 2.28. The van der Waals surface area contributed by atoms with Gasteiger partial charge >= 0.3 is 0 Å². The third kappa shape index (κ3) is 6.62. The smallest absolute Gasteiger partial charge is 0.216 e. The van der Waals surface area contributed by atoms with Crippen molar-refractivity contribution in [1.82, 2.24) is 0 Å². The molecule has 0 saturated carbocycles. The minimum Gasteiger partial charge on any atom is -0.218 e. The summed E-state index contributed by atoms with van der Waals surface area (Å²) in [6, 6.07) is 13.2. The van der Waals surface area contributed by atoms with E-state index in [4.69, 9.17) is 0 Å². The van der Waals surface area contributed by atoms with Gasteiger partial charge in [0.15, 0.2) is 0 Å². The molecule has 0 fully saturated rings. The van der Waals surface area contributed by atoms with Crippen LogP contribution in [-0.2, 0) is 9.84 Å². The first-order valence-corrected chi connectivity index (χ1v) is 12.3. The highest BCUT2D eigenvalue weighted by atomic mass is 32.2. The van der Waals surface area contributed by atoms with E-state index in [9.17, 15) is 8.42 Å². The molecule has 0 heterocycles. The van der Waals surface area contributed by atoms with Gasteiger partial charge in [-0.15, -0.1) is 0 Å². The molecule has 0 aliphatic carbocycles. The third-order valence-corrected chi connectivity index (χ3v) is 6.57. The van der Waals surface area contributed by atoms with Gasteiger partial charge in [0.05, 0.1) is 10.5 Å². The summed E-state index contributed by atoms with van der Waals surface area (Å²) < 4.78 is 28.2. The van der Waals surface area contributed by atoms with Gasteiger partial charge in [-0.05, 0) is 79.0 Å². The molecule has 32 heavy (non-hydrogen) atoms. The van der Waals surface area contributed by atoms with Gasteiger partial charge in [0.1, 0.15) is 4.91 Å². The Hall–Kier alpha value is -2.75. The van der Waals surface area contributed by atoms with Crippen molar-refractivity contribution in [1.29, 1.82) is 0 Å². The van der Waals surface area contributed by atoms with Crippen LogP contribution >= 0.6 is 0 Å². The van der Waals surface area contributed by atoms with Crippen LogP contribution in [0.3, 0.4) is 0 Å². The van der Waals surface area contributed by atoms with E-state index in [2.05, 4.69) is 23.7 Å². The Bertz CT molecular complexity index is 1230. The second-order valence-corrected chi connectivity index (χ2v) is 12.1. The normalized spacial score (nSPS) is 12.8. The highest BCUT2D eigenvalue weighted by Crippen LogP contribution is 2.32. The number of sulfone groups is 1. The first-order valence-electron chi connectivity index (χ1n) is 10.8. The van der Waals surface area contributed by atoms with Crippen LogP contribution in [0.1, 0.15) is 63.8 Å². The summed E-state index contributed by atoms with van der Waals surface area (Å²) in [7, 11) is -3.91. The van der Waals surface area contributed by atoms with Crippen LogP contribution in [0.2, 0.25) is 0 Å². The maximum absolute atomic E-state index is 14.1. The Balaban J connectivity index is 3.05. The van der Waals surface area contributed by atoms with Crippen molar-refractivity contribution < 1.29 is 8.42 Å². The number of hydrogen-bond acceptors (Lipinski definition) is 2. The number of hydrogen-bond donors (Lipinski definition) is 0. The van der Waals surface area contributed by atoms with Crippen molar-refractivity contribution in [2.75, 3.05) is 0 Å². The van der Waals surface area contributed by atoms with Crippen LogP contribution in [0.15, 0.2) is 52.3 Å². The lowest BCUT2D eigenvalue weighted by molar-refractivity contribution is 0.570. The zero-order valence-electron chi connectivity index (χ0n) is 20.8. The van der Waals surface area contributed by atoms with Crippen molar-refractivity contribution in [2.45, 2.75) is 67.2 Å². The van der Waals surface area contributed by atoms with Crippen LogP contribution in [-0.4, -0.2) is 8.42 Å². The molecule has 2 rings (SSSR count). The quantitative estimate of drug-likeness (QED) is 0.481.